The first kappa shape index (κ1) is 21.7. The first-order chi connectivity index (χ1) is 16.0. The Morgan fingerprint density at radius 3 is 2.67 bits per heavy atom. The van der Waals surface area contributed by atoms with Crippen molar-refractivity contribution >= 4 is 22.9 Å². The fourth-order valence-electron chi connectivity index (χ4n) is 4.47. The highest BCUT2D eigenvalue weighted by molar-refractivity contribution is 6.06. The summed E-state index contributed by atoms with van der Waals surface area (Å²) in [5.41, 5.74) is 2.82. The average Bonchev–Trinajstić information content (AvgIpc) is 3.57. The highest BCUT2D eigenvalue weighted by atomic mass is 19.1. The number of aromatic nitrogens is 2. The van der Waals surface area contributed by atoms with Crippen LogP contribution in [0, 0.1) is 18.7 Å². The molecular weight excluding hydrogens is 421 g/mol. The maximum absolute atomic E-state index is 14.9. The number of nitrogens with zero attached hydrogens (tertiary/aromatic N) is 3. The molecule has 1 aliphatic heterocycles. The van der Waals surface area contributed by atoms with Gasteiger partial charge in [0.2, 0.25) is 0 Å². The largest absolute Gasteiger partial charge is 0.496 e. The number of nitrogens with one attached hydrogen (secondary N) is 2. The molecule has 0 atom stereocenters. The standard InChI is InChI=1S/C25H30FN5O2/c1-16-14-31-15-20(23(33-2)12-24(31)28-16)25(32)29-22-6-5-19(11-21(22)26)30-9-7-18(8-10-30)27-13-17-3-4-17/h5-6,11-12,14-15,17-18,27H,3-4,7-10,13H2,1-2H3,(H,29,32). The van der Waals surface area contributed by atoms with E-state index in [4.69, 9.17) is 4.74 Å². The van der Waals surface area contributed by atoms with Crippen LogP contribution in [0.15, 0.2) is 36.7 Å². The molecule has 8 heteroatoms. The second-order valence-electron chi connectivity index (χ2n) is 9.13. The summed E-state index contributed by atoms with van der Waals surface area (Å²) in [5.74, 6) is 0.384. The Balaban J connectivity index is 1.25. The molecule has 2 aromatic heterocycles. The van der Waals surface area contributed by atoms with Gasteiger partial charge in [-0.15, -0.1) is 0 Å². The summed E-state index contributed by atoms with van der Waals surface area (Å²) in [5, 5.41) is 6.36. The lowest BCUT2D eigenvalue weighted by Crippen LogP contribution is -2.43. The van der Waals surface area contributed by atoms with Crippen molar-refractivity contribution < 1.29 is 13.9 Å². The molecule has 1 amide bonds. The molecule has 174 valence electrons. The molecule has 1 aliphatic carbocycles. The number of carbonyl (C=O) groups excluding carboxylic acids is 1. The fraction of sp³-hybridized carbons (Fsp3) is 0.440. The maximum Gasteiger partial charge on any atom is 0.261 e. The number of hydrogen-bond acceptors (Lipinski definition) is 5. The lowest BCUT2D eigenvalue weighted by Gasteiger charge is -2.34. The monoisotopic (exact) mass is 451 g/mol. The number of ether oxygens (including phenoxy) is 1. The Morgan fingerprint density at radius 1 is 1.18 bits per heavy atom. The van der Waals surface area contributed by atoms with Crippen LogP contribution < -0.4 is 20.3 Å². The number of rotatable bonds is 7. The molecule has 0 radical (unpaired) electrons. The molecule has 5 rings (SSSR count). The smallest absolute Gasteiger partial charge is 0.261 e. The number of imidazole rings is 1. The van der Waals surface area contributed by atoms with Gasteiger partial charge in [-0.2, -0.15) is 0 Å². The third kappa shape index (κ3) is 4.80. The zero-order valence-electron chi connectivity index (χ0n) is 19.1. The lowest BCUT2D eigenvalue weighted by molar-refractivity contribution is 0.102. The van der Waals surface area contributed by atoms with Crippen molar-refractivity contribution in [1.82, 2.24) is 14.7 Å². The Kier molecular flexibility index (Phi) is 5.93. The highest BCUT2D eigenvalue weighted by Gasteiger charge is 2.25. The molecule has 2 aliphatic rings. The third-order valence-corrected chi connectivity index (χ3v) is 6.59. The summed E-state index contributed by atoms with van der Waals surface area (Å²) in [7, 11) is 1.50. The molecule has 0 spiro atoms. The number of anilines is 2. The van der Waals surface area contributed by atoms with E-state index in [2.05, 4.69) is 20.5 Å². The van der Waals surface area contributed by atoms with Gasteiger partial charge in [-0.05, 0) is 63.3 Å². The molecule has 0 bridgehead atoms. The van der Waals surface area contributed by atoms with Crippen LogP contribution in [-0.4, -0.2) is 48.1 Å². The molecule has 1 saturated carbocycles. The molecule has 7 nitrogen and oxygen atoms in total. The number of halogens is 1. The van der Waals surface area contributed by atoms with Crippen LogP contribution in [0.1, 0.15) is 41.7 Å². The van der Waals surface area contributed by atoms with Gasteiger partial charge in [-0.1, -0.05) is 0 Å². The van der Waals surface area contributed by atoms with Crippen molar-refractivity contribution in [3.8, 4) is 5.75 Å². The molecule has 1 aromatic carbocycles. The Labute approximate surface area is 192 Å². The van der Waals surface area contributed by atoms with Crippen molar-refractivity contribution in [2.75, 3.05) is 37.0 Å². The van der Waals surface area contributed by atoms with Crippen LogP contribution in [0.3, 0.4) is 0 Å². The normalized spacial score (nSPS) is 16.9. The van der Waals surface area contributed by atoms with Gasteiger partial charge in [-0.25, -0.2) is 9.37 Å². The maximum atomic E-state index is 14.9. The number of amides is 1. The number of pyridine rings is 1. The Morgan fingerprint density at radius 2 is 1.97 bits per heavy atom. The van der Waals surface area contributed by atoms with E-state index in [1.165, 1.54) is 26.0 Å². The van der Waals surface area contributed by atoms with Crippen molar-refractivity contribution in [3.05, 3.63) is 53.7 Å². The molecule has 3 heterocycles. The number of benzene rings is 1. The minimum Gasteiger partial charge on any atom is -0.496 e. The minimum absolute atomic E-state index is 0.147. The van der Waals surface area contributed by atoms with Crippen LogP contribution in [0.2, 0.25) is 0 Å². The third-order valence-electron chi connectivity index (χ3n) is 6.59. The van der Waals surface area contributed by atoms with Crippen molar-refractivity contribution in [2.24, 2.45) is 5.92 Å². The van der Waals surface area contributed by atoms with Crippen molar-refractivity contribution in [2.45, 2.75) is 38.6 Å². The average molecular weight is 452 g/mol. The van der Waals surface area contributed by atoms with Crippen molar-refractivity contribution in [1.29, 1.82) is 0 Å². The van der Waals surface area contributed by atoms with Crippen molar-refractivity contribution in [3.63, 3.8) is 0 Å². The van der Waals surface area contributed by atoms with E-state index in [0.29, 0.717) is 23.0 Å². The fourth-order valence-corrected chi connectivity index (χ4v) is 4.47. The van der Waals surface area contributed by atoms with Gasteiger partial charge >= 0.3 is 0 Å². The predicted molar refractivity (Wildman–Crippen MR) is 127 cm³/mol. The number of methoxy groups -OCH3 is 1. The molecule has 0 unspecified atom stereocenters. The van der Waals surface area contributed by atoms with Gasteiger partial charge in [0.05, 0.1) is 24.1 Å². The van der Waals surface area contributed by atoms with E-state index in [-0.39, 0.29) is 5.69 Å². The van der Waals surface area contributed by atoms with Crippen LogP contribution in [0.5, 0.6) is 5.75 Å². The summed E-state index contributed by atoms with van der Waals surface area (Å²) in [6.07, 6.45) is 8.31. The number of carbonyl (C=O) groups is 1. The zero-order valence-corrected chi connectivity index (χ0v) is 19.1. The van der Waals surface area contributed by atoms with Gasteiger partial charge in [0, 0.05) is 43.3 Å². The summed E-state index contributed by atoms with van der Waals surface area (Å²) >= 11 is 0. The number of aryl methyl sites for hydroxylation is 1. The second kappa shape index (κ2) is 9.02. The van der Waals surface area contributed by atoms with Gasteiger partial charge in [-0.3, -0.25) is 4.79 Å². The van der Waals surface area contributed by atoms with Crippen LogP contribution >= 0.6 is 0 Å². The molecular formula is C25H30FN5O2. The van der Waals surface area contributed by atoms with Gasteiger partial charge in [0.15, 0.2) is 0 Å². The zero-order chi connectivity index (χ0) is 22.9. The van der Waals surface area contributed by atoms with Gasteiger partial charge < -0.3 is 24.7 Å². The van der Waals surface area contributed by atoms with E-state index in [9.17, 15) is 9.18 Å². The van der Waals surface area contributed by atoms with Crippen LogP contribution in [-0.2, 0) is 0 Å². The summed E-state index contributed by atoms with van der Waals surface area (Å²) < 4.78 is 22.0. The number of hydrogen-bond donors (Lipinski definition) is 2. The predicted octanol–water partition coefficient (Wildman–Crippen LogP) is 4.01. The molecule has 2 fully saturated rings. The second-order valence-corrected chi connectivity index (χ2v) is 9.13. The van der Waals surface area contributed by atoms with Gasteiger partial charge in [0.1, 0.15) is 17.2 Å². The Bertz CT molecular complexity index is 1170. The SMILES string of the molecule is COc1cc2nc(C)cn2cc1C(=O)Nc1ccc(N2CCC(NCC3CC3)CC2)cc1F. The van der Waals surface area contributed by atoms with E-state index in [0.717, 1.165) is 49.8 Å². The topological polar surface area (TPSA) is 70.9 Å². The molecule has 33 heavy (non-hydrogen) atoms. The minimum atomic E-state index is -0.451. The molecule has 1 saturated heterocycles. The highest BCUT2D eigenvalue weighted by Crippen LogP contribution is 2.29. The van der Waals surface area contributed by atoms with E-state index in [1.54, 1.807) is 22.7 Å². The first-order valence-electron chi connectivity index (χ1n) is 11.6. The van der Waals surface area contributed by atoms with E-state index in [1.807, 2.05) is 19.2 Å². The number of piperidine rings is 1. The quantitative estimate of drug-likeness (QED) is 0.568. The Hall–Kier alpha value is -3.13. The molecule has 3 aromatic rings. The summed E-state index contributed by atoms with van der Waals surface area (Å²) in [6, 6.07) is 7.26. The van der Waals surface area contributed by atoms with E-state index >= 15 is 0 Å². The molecule has 2 N–H and O–H groups in total. The number of fused-ring (bicyclic) bond motifs is 1. The lowest BCUT2D eigenvalue weighted by atomic mass is 10.0. The van der Waals surface area contributed by atoms with Crippen LogP contribution in [0.25, 0.3) is 5.65 Å². The summed E-state index contributed by atoms with van der Waals surface area (Å²) in [4.78, 5) is 19.5. The van der Waals surface area contributed by atoms with Crippen LogP contribution in [0.4, 0.5) is 15.8 Å². The van der Waals surface area contributed by atoms with E-state index < -0.39 is 11.7 Å². The first-order valence-corrected chi connectivity index (χ1v) is 11.6. The summed E-state index contributed by atoms with van der Waals surface area (Å²) in [6.45, 7) is 4.80. The van der Waals surface area contributed by atoms with Gasteiger partial charge in [0.25, 0.3) is 5.91 Å².